The van der Waals surface area contributed by atoms with Crippen molar-refractivity contribution in [2.75, 3.05) is 28.2 Å². The van der Waals surface area contributed by atoms with Crippen LogP contribution in [0.1, 0.15) is 56.4 Å². The first-order chi connectivity index (χ1) is 25.9. The van der Waals surface area contributed by atoms with E-state index in [1.807, 2.05) is 45.5 Å². The van der Waals surface area contributed by atoms with Crippen LogP contribution in [0.15, 0.2) is 98.0 Å². The van der Waals surface area contributed by atoms with Gasteiger partial charge in [-0.2, -0.15) is 5.10 Å². The summed E-state index contributed by atoms with van der Waals surface area (Å²) < 4.78 is 5.86. The molecule has 12 heteroatoms. The quantitative estimate of drug-likeness (QED) is 0.151. The molecule has 0 aliphatic rings. The van der Waals surface area contributed by atoms with Gasteiger partial charge in [-0.25, -0.2) is 19.6 Å². The second-order valence-corrected chi connectivity index (χ2v) is 14.4. The molecule has 0 fully saturated rings. The van der Waals surface area contributed by atoms with Crippen molar-refractivity contribution in [2.45, 2.75) is 59.2 Å². The van der Waals surface area contributed by atoms with Crippen LogP contribution in [0.25, 0.3) is 44.6 Å². The van der Waals surface area contributed by atoms with Gasteiger partial charge in [-0.3, -0.25) is 14.6 Å². The van der Waals surface area contributed by atoms with E-state index in [2.05, 4.69) is 89.4 Å². The highest BCUT2D eigenvalue weighted by atomic mass is 16.2. The molecule has 278 valence electrons. The molecule has 0 saturated carbocycles. The minimum atomic E-state index is 0.0706. The molecule has 0 bridgehead atoms. The highest BCUT2D eigenvalue weighted by molar-refractivity contribution is 5.91. The van der Waals surface area contributed by atoms with Gasteiger partial charge in [0, 0.05) is 92.1 Å². The van der Waals surface area contributed by atoms with E-state index in [9.17, 15) is 9.59 Å². The molecule has 5 heterocycles. The number of carbonyl (C=O) groups excluding carboxylic acids is 2. The van der Waals surface area contributed by atoms with Gasteiger partial charge in [0.1, 0.15) is 19.4 Å². The van der Waals surface area contributed by atoms with Crippen molar-refractivity contribution in [3.8, 4) is 22.8 Å². The molecule has 12 nitrogen and oxygen atoms in total. The summed E-state index contributed by atoms with van der Waals surface area (Å²) in [4.78, 5) is 45.1. The third kappa shape index (κ3) is 8.38. The molecule has 0 spiro atoms. The summed E-state index contributed by atoms with van der Waals surface area (Å²) in [5, 5.41) is 6.92. The zero-order valence-electron chi connectivity index (χ0n) is 32.3. The summed E-state index contributed by atoms with van der Waals surface area (Å²) >= 11 is 0. The Morgan fingerprint density at radius 2 is 1.15 bits per heavy atom. The van der Waals surface area contributed by atoms with Crippen molar-refractivity contribution < 1.29 is 9.59 Å². The monoisotopic (exact) mass is 724 g/mol. The molecule has 0 N–H and O–H groups in total. The first kappa shape index (κ1) is 37.6. The molecule has 54 heavy (non-hydrogen) atoms. The molecule has 0 saturated heterocycles. The fraction of sp³-hybridized carbons (Fsp3) is 0.310. The van der Waals surface area contributed by atoms with Crippen molar-refractivity contribution in [1.82, 2.24) is 48.7 Å². The molecule has 0 radical (unpaired) electrons. The van der Waals surface area contributed by atoms with Gasteiger partial charge >= 0.3 is 0 Å². The highest BCUT2D eigenvalue weighted by Crippen LogP contribution is 2.32. The van der Waals surface area contributed by atoms with E-state index in [-0.39, 0.29) is 11.8 Å². The second kappa shape index (κ2) is 16.2. The van der Waals surface area contributed by atoms with Crippen LogP contribution in [0.3, 0.4) is 0 Å². The summed E-state index contributed by atoms with van der Waals surface area (Å²) in [6, 6.07) is 20.0. The molecule has 0 unspecified atom stereocenters. The third-order valence-electron chi connectivity index (χ3n) is 9.35. The summed E-state index contributed by atoms with van der Waals surface area (Å²) in [6.07, 6.45) is 11.2. The van der Waals surface area contributed by atoms with Crippen molar-refractivity contribution in [2.24, 2.45) is 0 Å². The Bertz CT molecular complexity index is 2370. The van der Waals surface area contributed by atoms with E-state index in [0.717, 1.165) is 38.6 Å². The smallest absolute Gasteiger partial charge is 0.241 e. The lowest BCUT2D eigenvalue weighted by atomic mass is 10.0. The van der Waals surface area contributed by atoms with Crippen LogP contribution in [0, 0.1) is 0 Å². The molecular formula is C42H48N10O2. The molecule has 2 aromatic carbocycles. The van der Waals surface area contributed by atoms with Crippen LogP contribution in [-0.4, -0.2) is 88.7 Å². The second-order valence-electron chi connectivity index (χ2n) is 14.4. The van der Waals surface area contributed by atoms with Gasteiger partial charge in [-0.05, 0) is 77.6 Å². The Labute approximate surface area is 316 Å². The predicted octanol–water partition coefficient (Wildman–Crippen LogP) is 6.86. The minimum Gasteiger partial charge on any atom is -0.347 e. The van der Waals surface area contributed by atoms with Crippen LogP contribution in [-0.2, 0) is 29.2 Å². The van der Waals surface area contributed by atoms with E-state index in [4.69, 9.17) is 0 Å². The topological polar surface area (TPSA) is 120 Å². The number of fused-ring (bicyclic) bond motifs is 2. The number of carbonyl (C=O) groups is 2. The van der Waals surface area contributed by atoms with E-state index < -0.39 is 0 Å². The highest BCUT2D eigenvalue weighted by Gasteiger charge is 2.18. The maximum atomic E-state index is 12.3. The van der Waals surface area contributed by atoms with Crippen LogP contribution in [0.2, 0.25) is 0 Å². The summed E-state index contributed by atoms with van der Waals surface area (Å²) in [5.41, 5.74) is 7.44. The van der Waals surface area contributed by atoms with Gasteiger partial charge in [-0.15, -0.1) is 0 Å². The van der Waals surface area contributed by atoms with Gasteiger partial charge in [0.05, 0.1) is 12.2 Å². The van der Waals surface area contributed by atoms with Gasteiger partial charge in [-0.1, -0.05) is 33.8 Å². The van der Waals surface area contributed by atoms with Gasteiger partial charge in [0.25, 0.3) is 0 Å². The largest absolute Gasteiger partial charge is 0.347 e. The van der Waals surface area contributed by atoms with E-state index in [1.54, 1.807) is 67.6 Å². The zero-order valence-corrected chi connectivity index (χ0v) is 32.3. The number of hydrogen-bond donors (Lipinski definition) is 0. The molecule has 5 aromatic heterocycles. The molecule has 7 rings (SSSR count). The number of benzene rings is 2. The Morgan fingerprint density at radius 1 is 0.630 bits per heavy atom. The summed E-state index contributed by atoms with van der Waals surface area (Å²) in [5.74, 6) is 2.26. The number of pyridine rings is 1. The summed E-state index contributed by atoms with van der Waals surface area (Å²) in [7, 11) is 7.12. The molecule has 0 aliphatic carbocycles. The lowest BCUT2D eigenvalue weighted by Crippen LogP contribution is -2.25. The first-order valence-electron chi connectivity index (χ1n) is 18.1. The Kier molecular flexibility index (Phi) is 11.3. The van der Waals surface area contributed by atoms with Crippen molar-refractivity contribution in [3.05, 3.63) is 115 Å². The fourth-order valence-corrected chi connectivity index (χ4v) is 6.29. The van der Waals surface area contributed by atoms with Gasteiger partial charge in [0.2, 0.25) is 11.8 Å². The summed E-state index contributed by atoms with van der Waals surface area (Å²) in [6.45, 7) is 9.91. The minimum absolute atomic E-state index is 0.0706. The lowest BCUT2D eigenvalue weighted by Gasteiger charge is -2.11. The van der Waals surface area contributed by atoms with E-state index >= 15 is 0 Å². The average molecular weight is 725 g/mol. The molecule has 7 aromatic rings. The maximum Gasteiger partial charge on any atom is 0.241 e. The van der Waals surface area contributed by atoms with Crippen LogP contribution >= 0.6 is 0 Å². The predicted molar refractivity (Wildman–Crippen MR) is 213 cm³/mol. The van der Waals surface area contributed by atoms with Crippen LogP contribution in [0.4, 0.5) is 0 Å². The number of hydrogen-bond acceptors (Lipinski definition) is 7. The zero-order chi connectivity index (χ0) is 38.5. The Balaban J connectivity index is 0.000000189. The first-order valence-corrected chi connectivity index (χ1v) is 18.1. The molecule has 2 amide bonds. The fourth-order valence-electron chi connectivity index (χ4n) is 6.29. The maximum absolute atomic E-state index is 12.3. The van der Waals surface area contributed by atoms with E-state index in [1.165, 1.54) is 11.1 Å². The molecule has 0 atom stereocenters. The number of nitrogens with zero attached hydrogens (tertiary/aromatic N) is 10. The number of amides is 2. The average Bonchev–Trinajstić information content (AvgIpc) is 3.88. The third-order valence-corrected chi connectivity index (χ3v) is 9.35. The Hall–Kier alpha value is -6.17. The van der Waals surface area contributed by atoms with Gasteiger partial charge in [0.15, 0.2) is 11.6 Å². The standard InChI is InChI=1S/C23H26N6O.C19H22N4O/c1-16(2)20-13-28(14-22(30)27(3)4)21-9-8-17(11-19(20)21)23-25-15-29(26-23)12-18-7-5-6-10-24-18;1-13(2)16-11-23(12-18(24)22(3)4)17-7-6-14(10-15(16)17)19-20-8-5-9-21-19/h5-11,13,15-16H,12,14H2,1-4H3;5-11,13H,12H2,1-4H3. The van der Waals surface area contributed by atoms with Crippen LogP contribution < -0.4 is 0 Å². The van der Waals surface area contributed by atoms with Crippen LogP contribution in [0.5, 0.6) is 0 Å². The lowest BCUT2D eigenvalue weighted by molar-refractivity contribution is -0.130. The normalized spacial score (nSPS) is 11.3. The molecule has 0 aliphatic heterocycles. The van der Waals surface area contributed by atoms with Crippen molar-refractivity contribution in [3.63, 3.8) is 0 Å². The van der Waals surface area contributed by atoms with E-state index in [0.29, 0.717) is 43.1 Å². The van der Waals surface area contributed by atoms with Gasteiger partial charge < -0.3 is 18.9 Å². The Morgan fingerprint density at radius 3 is 1.63 bits per heavy atom. The number of rotatable bonds is 10. The number of likely N-dealkylation sites (N-methyl/N-ethyl adjacent to an activating group) is 2. The molecular weight excluding hydrogens is 677 g/mol. The number of aromatic nitrogens is 8. The van der Waals surface area contributed by atoms with Crippen molar-refractivity contribution in [1.29, 1.82) is 0 Å². The SMILES string of the molecule is CC(C)c1cn(CC(=O)N(C)C)c2ccc(-c3ncccn3)cc12.CC(C)c1cn(CC(=O)N(C)C)c2ccc(-c3ncn(Cc4ccccn4)n3)cc12. The van der Waals surface area contributed by atoms with Crippen molar-refractivity contribution >= 4 is 33.6 Å².